The Labute approximate surface area is 127 Å². The summed E-state index contributed by atoms with van der Waals surface area (Å²) in [6.45, 7) is 1.79. The molecular formula is C14H11N3O4S. The summed E-state index contributed by atoms with van der Waals surface area (Å²) in [5.74, 6) is -0.569. The van der Waals surface area contributed by atoms with Gasteiger partial charge < -0.3 is 4.74 Å². The molecule has 22 heavy (non-hydrogen) atoms. The van der Waals surface area contributed by atoms with Crippen molar-refractivity contribution in [2.24, 2.45) is 0 Å². The van der Waals surface area contributed by atoms with Crippen molar-refractivity contribution in [3.63, 3.8) is 0 Å². The fourth-order valence-corrected chi connectivity index (χ4v) is 3.06. The summed E-state index contributed by atoms with van der Waals surface area (Å²) in [7, 11) is 1.23. The minimum atomic E-state index is -0.640. The molecule has 0 radical (unpaired) electrons. The number of nitrogens with zero attached hydrogens (tertiary/aromatic N) is 2. The van der Waals surface area contributed by atoms with E-state index in [0.717, 1.165) is 10.1 Å². The number of hydrogen-bond donors (Lipinski definition) is 1. The smallest absolute Gasteiger partial charge is 0.356 e. The molecule has 0 unspecified atom stereocenters. The largest absolute Gasteiger partial charge is 0.464 e. The highest BCUT2D eigenvalue weighted by Gasteiger charge is 2.15. The molecule has 0 aromatic carbocycles. The number of hydrogen-bond acceptors (Lipinski definition) is 6. The van der Waals surface area contributed by atoms with Gasteiger partial charge >= 0.3 is 11.7 Å². The van der Waals surface area contributed by atoms with Crippen LogP contribution in [0.4, 0.5) is 0 Å². The Morgan fingerprint density at radius 3 is 2.86 bits per heavy atom. The van der Waals surface area contributed by atoms with Crippen molar-refractivity contribution in [1.82, 2.24) is 14.5 Å². The molecule has 0 amide bonds. The molecule has 3 rings (SSSR count). The molecule has 0 aliphatic carbocycles. The molecule has 0 bridgehead atoms. The topological polar surface area (TPSA) is 94.0 Å². The zero-order valence-electron chi connectivity index (χ0n) is 11.7. The van der Waals surface area contributed by atoms with Crippen LogP contribution < -0.4 is 11.2 Å². The number of rotatable bonds is 2. The van der Waals surface area contributed by atoms with E-state index >= 15 is 0 Å². The Morgan fingerprint density at radius 2 is 2.14 bits per heavy atom. The van der Waals surface area contributed by atoms with Gasteiger partial charge in [-0.2, -0.15) is 0 Å². The van der Waals surface area contributed by atoms with E-state index in [0.29, 0.717) is 10.2 Å². The third-order valence-corrected chi connectivity index (χ3v) is 4.19. The third kappa shape index (κ3) is 2.13. The summed E-state index contributed by atoms with van der Waals surface area (Å²) in [5.41, 5.74) is -0.270. The van der Waals surface area contributed by atoms with E-state index in [1.807, 2.05) is 0 Å². The van der Waals surface area contributed by atoms with Crippen molar-refractivity contribution >= 4 is 27.5 Å². The first-order valence-corrected chi connectivity index (χ1v) is 7.19. The van der Waals surface area contributed by atoms with Crippen LogP contribution in [-0.4, -0.2) is 27.6 Å². The van der Waals surface area contributed by atoms with Crippen LogP contribution >= 0.6 is 11.3 Å². The summed E-state index contributed by atoms with van der Waals surface area (Å²) in [6.07, 6.45) is 0. The summed E-state index contributed by atoms with van der Waals surface area (Å²) in [5, 5.41) is 2.24. The van der Waals surface area contributed by atoms with E-state index < -0.39 is 17.2 Å². The molecule has 3 aromatic rings. The number of carbonyl (C=O) groups is 1. The molecule has 3 aromatic heterocycles. The molecule has 0 aliphatic rings. The molecule has 1 N–H and O–H groups in total. The maximum Gasteiger partial charge on any atom is 0.356 e. The predicted molar refractivity (Wildman–Crippen MR) is 81.9 cm³/mol. The van der Waals surface area contributed by atoms with Crippen LogP contribution in [0.2, 0.25) is 0 Å². The first-order valence-electron chi connectivity index (χ1n) is 6.32. The van der Waals surface area contributed by atoms with Gasteiger partial charge in [-0.1, -0.05) is 6.07 Å². The maximum atomic E-state index is 12.6. The van der Waals surface area contributed by atoms with Gasteiger partial charge in [-0.3, -0.25) is 9.78 Å². The number of H-pyrrole nitrogens is 1. The monoisotopic (exact) mass is 317 g/mol. The Bertz CT molecular complexity index is 999. The van der Waals surface area contributed by atoms with Gasteiger partial charge in [-0.05, 0) is 30.0 Å². The lowest BCUT2D eigenvalue weighted by Crippen LogP contribution is -2.34. The second kappa shape index (κ2) is 5.23. The fourth-order valence-electron chi connectivity index (χ4n) is 2.13. The molecule has 112 valence electrons. The van der Waals surface area contributed by atoms with Gasteiger partial charge in [0, 0.05) is 0 Å². The average Bonchev–Trinajstić information content (AvgIpc) is 2.88. The summed E-state index contributed by atoms with van der Waals surface area (Å²) in [6, 6.07) is 4.46. The number of carbonyl (C=O) groups excluding carboxylic acids is 1. The van der Waals surface area contributed by atoms with Crippen molar-refractivity contribution in [3.8, 4) is 5.82 Å². The molecule has 0 spiro atoms. The van der Waals surface area contributed by atoms with Crippen LogP contribution in [0.25, 0.3) is 16.0 Å². The maximum absolute atomic E-state index is 12.6. The number of methoxy groups -OCH3 is 1. The molecule has 0 atom stereocenters. The Balaban J connectivity index is 2.31. The van der Waals surface area contributed by atoms with Crippen LogP contribution in [0.15, 0.2) is 33.2 Å². The van der Waals surface area contributed by atoms with Crippen molar-refractivity contribution in [2.75, 3.05) is 7.11 Å². The number of nitrogens with one attached hydrogen (secondary N) is 1. The van der Waals surface area contributed by atoms with E-state index in [9.17, 15) is 14.4 Å². The van der Waals surface area contributed by atoms with E-state index in [4.69, 9.17) is 0 Å². The molecular weight excluding hydrogens is 306 g/mol. The lowest BCUT2D eigenvalue weighted by atomic mass is 10.3. The predicted octanol–water partition coefficient (Wildman–Crippen LogP) is 1.23. The second-order valence-corrected chi connectivity index (χ2v) is 5.45. The Morgan fingerprint density at radius 1 is 1.36 bits per heavy atom. The fraction of sp³-hybridized carbons (Fsp3) is 0.143. The standard InChI is InChI=1S/C14H11N3O4S/c1-7-6-22-11-10(7)12(18)17(14(20)16-11)9-5-3-4-8(15-9)13(19)21-2/h3-6H,1-2H3,(H,16,20). The highest BCUT2D eigenvalue weighted by atomic mass is 32.1. The average molecular weight is 317 g/mol. The van der Waals surface area contributed by atoms with Crippen molar-refractivity contribution < 1.29 is 9.53 Å². The number of aromatic nitrogens is 3. The first-order chi connectivity index (χ1) is 10.5. The summed E-state index contributed by atoms with van der Waals surface area (Å²) >= 11 is 1.29. The van der Waals surface area contributed by atoms with E-state index in [1.54, 1.807) is 12.3 Å². The second-order valence-electron chi connectivity index (χ2n) is 4.57. The van der Waals surface area contributed by atoms with Crippen LogP contribution in [0.1, 0.15) is 16.1 Å². The van der Waals surface area contributed by atoms with Gasteiger partial charge in [-0.15, -0.1) is 11.3 Å². The molecule has 3 heterocycles. The van der Waals surface area contributed by atoms with Crippen LogP contribution in [0, 0.1) is 6.92 Å². The quantitative estimate of drug-likeness (QED) is 0.717. The molecule has 7 nitrogen and oxygen atoms in total. The van der Waals surface area contributed by atoms with Gasteiger partial charge in [0.2, 0.25) is 0 Å². The van der Waals surface area contributed by atoms with Crippen LogP contribution in [0.5, 0.6) is 0 Å². The molecule has 8 heteroatoms. The number of ether oxygens (including phenoxy) is 1. The van der Waals surface area contributed by atoms with E-state index in [-0.39, 0.29) is 11.5 Å². The van der Waals surface area contributed by atoms with Gasteiger partial charge in [0.05, 0.1) is 12.5 Å². The lowest BCUT2D eigenvalue weighted by molar-refractivity contribution is 0.0594. The third-order valence-electron chi connectivity index (χ3n) is 3.17. The summed E-state index contributed by atoms with van der Waals surface area (Å²) < 4.78 is 5.50. The summed E-state index contributed by atoms with van der Waals surface area (Å²) in [4.78, 5) is 43.5. The van der Waals surface area contributed by atoms with Gasteiger partial charge in [0.1, 0.15) is 10.6 Å². The van der Waals surface area contributed by atoms with Crippen LogP contribution in [-0.2, 0) is 4.74 Å². The Kier molecular flexibility index (Phi) is 3.38. The SMILES string of the molecule is COC(=O)c1cccc(-n2c(=O)[nH]c3scc(C)c3c2=O)n1. The van der Waals surface area contributed by atoms with Crippen molar-refractivity contribution in [2.45, 2.75) is 6.92 Å². The van der Waals surface area contributed by atoms with Crippen molar-refractivity contribution in [1.29, 1.82) is 0 Å². The number of fused-ring (bicyclic) bond motifs is 1. The number of pyridine rings is 1. The highest BCUT2D eigenvalue weighted by molar-refractivity contribution is 7.16. The molecule has 0 saturated carbocycles. The first kappa shape index (κ1) is 14.2. The lowest BCUT2D eigenvalue weighted by Gasteiger charge is -2.05. The van der Waals surface area contributed by atoms with Gasteiger partial charge in [-0.25, -0.2) is 19.1 Å². The van der Waals surface area contributed by atoms with E-state index in [1.165, 1.54) is 36.6 Å². The molecule has 0 saturated heterocycles. The number of thiophene rings is 1. The zero-order chi connectivity index (χ0) is 15.9. The van der Waals surface area contributed by atoms with Crippen molar-refractivity contribution in [3.05, 3.63) is 55.7 Å². The molecule has 0 aliphatic heterocycles. The zero-order valence-corrected chi connectivity index (χ0v) is 12.6. The minimum absolute atomic E-state index is 0.0217. The Hall–Kier alpha value is -2.74. The normalized spacial score (nSPS) is 10.8. The number of aryl methyl sites for hydroxylation is 1. The number of aromatic amines is 1. The van der Waals surface area contributed by atoms with Crippen LogP contribution in [0.3, 0.4) is 0 Å². The minimum Gasteiger partial charge on any atom is -0.464 e. The highest BCUT2D eigenvalue weighted by Crippen LogP contribution is 2.18. The number of esters is 1. The molecule has 0 fully saturated rings. The van der Waals surface area contributed by atoms with Gasteiger partial charge in [0.25, 0.3) is 5.56 Å². The van der Waals surface area contributed by atoms with Gasteiger partial charge in [0.15, 0.2) is 5.69 Å². The van der Waals surface area contributed by atoms with E-state index in [2.05, 4.69) is 14.7 Å².